The van der Waals surface area contributed by atoms with Crippen LogP contribution in [0.25, 0.3) is 0 Å². The maximum Gasteiger partial charge on any atom is 0.189 e. The molecule has 0 radical (unpaired) electrons. The molecule has 1 aromatic carbocycles. The van der Waals surface area contributed by atoms with Crippen molar-refractivity contribution in [1.29, 1.82) is 0 Å². The highest BCUT2D eigenvalue weighted by Crippen LogP contribution is 2.08. The van der Waals surface area contributed by atoms with Gasteiger partial charge >= 0.3 is 0 Å². The zero-order chi connectivity index (χ0) is 15.1. The van der Waals surface area contributed by atoms with E-state index in [1.165, 1.54) is 5.56 Å². The average Bonchev–Trinajstić information content (AvgIpc) is 2.96. The third-order valence-corrected chi connectivity index (χ3v) is 2.92. The van der Waals surface area contributed by atoms with E-state index < -0.39 is 0 Å². The standard InChI is InChI=1S/C16H21N5/c1-13(2)9-19-16(17)20-10-14-4-3-5-15(8-14)11-21-7-6-18-12-21/h3-8,12H,1,9-11H2,2H3,(H3,17,19,20). The highest BCUT2D eigenvalue weighted by atomic mass is 15.1. The quantitative estimate of drug-likeness (QED) is 0.483. The first-order valence-electron chi connectivity index (χ1n) is 6.85. The molecule has 0 amide bonds. The molecule has 1 aromatic heterocycles. The molecule has 0 atom stereocenters. The van der Waals surface area contributed by atoms with Crippen molar-refractivity contribution in [3.8, 4) is 0 Å². The Morgan fingerprint density at radius 2 is 2.24 bits per heavy atom. The van der Waals surface area contributed by atoms with Gasteiger partial charge in [-0.15, -0.1) is 0 Å². The van der Waals surface area contributed by atoms with Crippen molar-refractivity contribution in [1.82, 2.24) is 14.9 Å². The Kier molecular flexibility index (Phi) is 5.15. The number of nitrogens with zero attached hydrogens (tertiary/aromatic N) is 3. The molecule has 5 heteroatoms. The van der Waals surface area contributed by atoms with E-state index in [-0.39, 0.29) is 0 Å². The van der Waals surface area contributed by atoms with Gasteiger partial charge in [0.2, 0.25) is 0 Å². The molecule has 0 saturated heterocycles. The van der Waals surface area contributed by atoms with Crippen molar-refractivity contribution in [2.24, 2.45) is 10.7 Å². The van der Waals surface area contributed by atoms with Crippen LogP contribution in [0.2, 0.25) is 0 Å². The summed E-state index contributed by atoms with van der Waals surface area (Å²) in [6.07, 6.45) is 5.54. The van der Waals surface area contributed by atoms with E-state index in [1.807, 2.05) is 36.1 Å². The monoisotopic (exact) mass is 283 g/mol. The van der Waals surface area contributed by atoms with Gasteiger partial charge in [0, 0.05) is 25.5 Å². The van der Waals surface area contributed by atoms with Crippen LogP contribution in [0.3, 0.4) is 0 Å². The van der Waals surface area contributed by atoms with Crippen LogP contribution in [0.5, 0.6) is 0 Å². The normalized spacial score (nSPS) is 11.4. The second-order valence-electron chi connectivity index (χ2n) is 5.07. The Hall–Kier alpha value is -2.56. The largest absolute Gasteiger partial charge is 0.370 e. The lowest BCUT2D eigenvalue weighted by Crippen LogP contribution is -2.32. The number of hydrogen-bond acceptors (Lipinski definition) is 2. The molecule has 0 aliphatic heterocycles. The summed E-state index contributed by atoms with van der Waals surface area (Å²) < 4.78 is 2.03. The predicted molar refractivity (Wildman–Crippen MR) is 85.9 cm³/mol. The number of aromatic nitrogens is 2. The summed E-state index contributed by atoms with van der Waals surface area (Å²) in [6, 6.07) is 8.31. The molecular formula is C16H21N5. The van der Waals surface area contributed by atoms with Crippen LogP contribution in [0.4, 0.5) is 0 Å². The van der Waals surface area contributed by atoms with E-state index in [4.69, 9.17) is 5.73 Å². The van der Waals surface area contributed by atoms with Gasteiger partial charge in [-0.1, -0.05) is 36.4 Å². The minimum atomic E-state index is 0.443. The first kappa shape index (κ1) is 14.8. The molecular weight excluding hydrogens is 262 g/mol. The molecule has 3 N–H and O–H groups in total. The Balaban J connectivity index is 1.94. The second kappa shape index (κ2) is 7.28. The molecule has 0 bridgehead atoms. The predicted octanol–water partition coefficient (Wildman–Crippen LogP) is 1.91. The topological polar surface area (TPSA) is 68.2 Å². The summed E-state index contributed by atoms with van der Waals surface area (Å²) in [5, 5.41) is 3.02. The summed E-state index contributed by atoms with van der Waals surface area (Å²) in [5.41, 5.74) is 9.18. The third-order valence-electron chi connectivity index (χ3n) is 2.92. The fourth-order valence-corrected chi connectivity index (χ4v) is 1.89. The minimum Gasteiger partial charge on any atom is -0.370 e. The van der Waals surface area contributed by atoms with Gasteiger partial charge in [0.05, 0.1) is 12.9 Å². The molecule has 0 aliphatic carbocycles. The lowest BCUT2D eigenvalue weighted by molar-refractivity contribution is 0.795. The molecule has 21 heavy (non-hydrogen) atoms. The smallest absolute Gasteiger partial charge is 0.189 e. The summed E-state index contributed by atoms with van der Waals surface area (Å²) >= 11 is 0. The minimum absolute atomic E-state index is 0.443. The Morgan fingerprint density at radius 1 is 1.43 bits per heavy atom. The van der Waals surface area contributed by atoms with Gasteiger partial charge in [-0.05, 0) is 18.1 Å². The van der Waals surface area contributed by atoms with E-state index in [0.29, 0.717) is 19.0 Å². The van der Waals surface area contributed by atoms with Crippen molar-refractivity contribution < 1.29 is 0 Å². The lowest BCUT2D eigenvalue weighted by Gasteiger charge is -2.06. The van der Waals surface area contributed by atoms with Crippen LogP contribution in [-0.2, 0) is 13.1 Å². The van der Waals surface area contributed by atoms with Crippen LogP contribution in [0.1, 0.15) is 18.1 Å². The van der Waals surface area contributed by atoms with Crippen molar-refractivity contribution in [3.63, 3.8) is 0 Å². The van der Waals surface area contributed by atoms with Crippen LogP contribution in [0, 0.1) is 0 Å². The molecule has 0 saturated carbocycles. The molecule has 5 nitrogen and oxygen atoms in total. The van der Waals surface area contributed by atoms with Crippen LogP contribution < -0.4 is 11.1 Å². The number of nitrogens with two attached hydrogens (primary N) is 1. The number of benzene rings is 1. The van der Waals surface area contributed by atoms with Crippen LogP contribution >= 0.6 is 0 Å². The van der Waals surface area contributed by atoms with Crippen molar-refractivity contribution >= 4 is 5.96 Å². The molecule has 0 aliphatic rings. The average molecular weight is 283 g/mol. The number of nitrogens with one attached hydrogen (secondary N) is 1. The number of rotatable bonds is 6. The van der Waals surface area contributed by atoms with E-state index in [2.05, 4.69) is 34.0 Å². The third kappa shape index (κ3) is 5.14. The number of guanidine groups is 1. The molecule has 110 valence electrons. The molecule has 1 heterocycles. The van der Waals surface area contributed by atoms with Gasteiger partial charge in [-0.3, -0.25) is 0 Å². The Bertz CT molecular complexity index is 613. The highest BCUT2D eigenvalue weighted by Gasteiger charge is 1.98. The van der Waals surface area contributed by atoms with Gasteiger partial charge in [0.25, 0.3) is 0 Å². The van der Waals surface area contributed by atoms with E-state index in [1.54, 1.807) is 6.20 Å². The fourth-order valence-electron chi connectivity index (χ4n) is 1.89. The first-order chi connectivity index (χ1) is 10.1. The zero-order valence-corrected chi connectivity index (χ0v) is 12.3. The second-order valence-corrected chi connectivity index (χ2v) is 5.07. The lowest BCUT2D eigenvalue weighted by atomic mass is 10.1. The maximum absolute atomic E-state index is 5.80. The molecule has 0 fully saturated rings. The van der Waals surface area contributed by atoms with Crippen molar-refractivity contribution in [3.05, 3.63) is 66.3 Å². The van der Waals surface area contributed by atoms with E-state index in [0.717, 1.165) is 17.7 Å². The molecule has 0 spiro atoms. The van der Waals surface area contributed by atoms with Crippen molar-refractivity contribution in [2.45, 2.75) is 20.0 Å². The van der Waals surface area contributed by atoms with Gasteiger partial charge in [0.1, 0.15) is 0 Å². The molecule has 0 unspecified atom stereocenters. The fraction of sp³-hybridized carbons (Fsp3) is 0.250. The SMILES string of the molecule is C=C(C)CNC(N)=NCc1cccc(Cn2ccnc2)c1. The molecule has 2 rings (SSSR count). The summed E-state index contributed by atoms with van der Waals surface area (Å²) in [4.78, 5) is 8.37. The summed E-state index contributed by atoms with van der Waals surface area (Å²) in [7, 11) is 0. The number of hydrogen-bond donors (Lipinski definition) is 2. The van der Waals surface area contributed by atoms with Gasteiger partial charge in [-0.2, -0.15) is 0 Å². The van der Waals surface area contributed by atoms with Crippen LogP contribution in [-0.4, -0.2) is 22.1 Å². The molecule has 2 aromatic rings. The summed E-state index contributed by atoms with van der Waals surface area (Å²) in [6.45, 7) is 7.77. The van der Waals surface area contributed by atoms with E-state index in [9.17, 15) is 0 Å². The maximum atomic E-state index is 5.80. The zero-order valence-electron chi connectivity index (χ0n) is 12.3. The number of imidazole rings is 1. The van der Waals surface area contributed by atoms with Gasteiger partial charge < -0.3 is 15.6 Å². The summed E-state index contributed by atoms with van der Waals surface area (Å²) in [5.74, 6) is 0.443. The Labute approximate surface area is 125 Å². The van der Waals surface area contributed by atoms with Crippen LogP contribution in [0.15, 0.2) is 60.1 Å². The Morgan fingerprint density at radius 3 is 2.95 bits per heavy atom. The van der Waals surface area contributed by atoms with E-state index >= 15 is 0 Å². The van der Waals surface area contributed by atoms with Gasteiger partial charge in [0.15, 0.2) is 5.96 Å². The first-order valence-corrected chi connectivity index (χ1v) is 6.85. The van der Waals surface area contributed by atoms with Crippen molar-refractivity contribution in [2.75, 3.05) is 6.54 Å². The number of aliphatic imine (C=N–C) groups is 1. The highest BCUT2D eigenvalue weighted by molar-refractivity contribution is 5.78. The van der Waals surface area contributed by atoms with Gasteiger partial charge in [-0.25, -0.2) is 9.98 Å².